The predicted molar refractivity (Wildman–Crippen MR) is 127 cm³/mol. The van der Waals surface area contributed by atoms with E-state index in [-0.39, 0.29) is 5.56 Å². The molecule has 0 saturated carbocycles. The number of hydrogen-bond acceptors (Lipinski definition) is 5. The molecule has 0 amide bonds. The van der Waals surface area contributed by atoms with Gasteiger partial charge in [-0.25, -0.2) is 0 Å². The second-order valence-corrected chi connectivity index (χ2v) is 9.15. The Morgan fingerprint density at radius 2 is 1.97 bits per heavy atom. The molecule has 3 aromatic heterocycles. The first-order valence-corrected chi connectivity index (χ1v) is 11.7. The summed E-state index contributed by atoms with van der Waals surface area (Å²) in [4.78, 5) is 24.0. The van der Waals surface area contributed by atoms with E-state index in [9.17, 15) is 4.79 Å². The third kappa shape index (κ3) is 5.33. The van der Waals surface area contributed by atoms with Crippen molar-refractivity contribution in [2.24, 2.45) is 5.92 Å². The fourth-order valence-electron chi connectivity index (χ4n) is 4.32. The van der Waals surface area contributed by atoms with Crippen molar-refractivity contribution in [2.75, 3.05) is 26.7 Å². The van der Waals surface area contributed by atoms with Crippen LogP contribution in [0.1, 0.15) is 30.7 Å². The van der Waals surface area contributed by atoms with E-state index in [1.807, 2.05) is 17.6 Å². The Labute approximate surface area is 191 Å². The highest BCUT2D eigenvalue weighted by Crippen LogP contribution is 2.23. The molecule has 1 saturated heterocycles. The maximum atomic E-state index is 12.5. The van der Waals surface area contributed by atoms with E-state index in [2.05, 4.69) is 42.9 Å². The summed E-state index contributed by atoms with van der Waals surface area (Å²) in [5, 5.41) is 0. The Morgan fingerprint density at radius 3 is 2.71 bits per heavy atom. The van der Waals surface area contributed by atoms with E-state index < -0.39 is 0 Å². The molecular weight excluding hydrogens is 456 g/mol. The molecule has 0 aromatic carbocycles. The van der Waals surface area contributed by atoms with Crippen molar-refractivity contribution in [3.05, 3.63) is 62.7 Å². The van der Waals surface area contributed by atoms with E-state index >= 15 is 0 Å². The maximum absolute atomic E-state index is 12.5. The molecule has 0 spiro atoms. The Morgan fingerprint density at radius 1 is 1.16 bits per heavy atom. The molecule has 1 fully saturated rings. The molecule has 6 nitrogen and oxygen atoms in total. The van der Waals surface area contributed by atoms with Gasteiger partial charge in [-0.1, -0.05) is 0 Å². The summed E-state index contributed by atoms with van der Waals surface area (Å²) in [5.74, 6) is 1.42. The van der Waals surface area contributed by atoms with Crippen molar-refractivity contribution in [1.29, 1.82) is 0 Å². The summed E-state index contributed by atoms with van der Waals surface area (Å²) < 4.78 is 8.19. The van der Waals surface area contributed by atoms with Gasteiger partial charge in [0.15, 0.2) is 0 Å². The quantitative estimate of drug-likeness (QED) is 0.502. The van der Waals surface area contributed by atoms with Crippen LogP contribution in [-0.4, -0.2) is 46.2 Å². The molecule has 0 atom stereocenters. The van der Waals surface area contributed by atoms with Gasteiger partial charge in [-0.3, -0.25) is 14.8 Å². The molecule has 0 radical (unpaired) electrons. The largest absolute Gasteiger partial charge is 0.495 e. The van der Waals surface area contributed by atoms with Crippen LogP contribution >= 0.6 is 15.9 Å². The van der Waals surface area contributed by atoms with Crippen molar-refractivity contribution in [1.82, 2.24) is 19.4 Å². The van der Waals surface area contributed by atoms with Crippen LogP contribution in [0.25, 0.3) is 11.0 Å². The number of aromatic nitrogens is 3. The summed E-state index contributed by atoms with van der Waals surface area (Å²) in [6.07, 6.45) is 6.33. The number of piperidine rings is 1. The van der Waals surface area contributed by atoms with Crippen LogP contribution in [0.5, 0.6) is 5.75 Å². The second kappa shape index (κ2) is 9.92. The number of methoxy groups -OCH3 is 1. The van der Waals surface area contributed by atoms with Gasteiger partial charge in [0.05, 0.1) is 30.0 Å². The number of halogens is 1. The fourth-order valence-corrected chi connectivity index (χ4v) is 4.54. The monoisotopic (exact) mass is 484 g/mol. The molecular formula is C24H29BrN4O2. The number of pyridine rings is 3. The number of aryl methyl sites for hydroxylation is 2. The highest BCUT2D eigenvalue weighted by molar-refractivity contribution is 9.10. The van der Waals surface area contributed by atoms with E-state index in [4.69, 9.17) is 4.74 Å². The lowest BCUT2D eigenvalue weighted by molar-refractivity contribution is 0.174. The predicted octanol–water partition coefficient (Wildman–Crippen LogP) is 4.22. The van der Waals surface area contributed by atoms with E-state index in [1.165, 1.54) is 25.0 Å². The standard InChI is InChI=1S/C24H29BrN4O2/c1-17-21(25)6-5-19(27-17)4-3-18-9-11-28(12-10-18)13-14-29-23-15-20(31-2)16-26-22(23)7-8-24(29)30/h5-8,15-16,18H,3-4,9-14H2,1-2H3. The van der Waals surface area contributed by atoms with E-state index in [1.54, 1.807) is 25.4 Å². The number of ether oxygens (including phenoxy) is 1. The molecule has 3 aromatic rings. The smallest absolute Gasteiger partial charge is 0.251 e. The van der Waals surface area contributed by atoms with Crippen LogP contribution in [0.4, 0.5) is 0 Å². The van der Waals surface area contributed by atoms with Gasteiger partial charge in [-0.15, -0.1) is 0 Å². The molecule has 0 N–H and O–H groups in total. The highest BCUT2D eigenvalue weighted by atomic mass is 79.9. The van der Waals surface area contributed by atoms with Crippen LogP contribution in [0.15, 0.2) is 45.8 Å². The SMILES string of the molecule is COc1cnc2ccc(=O)n(CCN3CCC(CCc4ccc(Br)c(C)n4)CC3)c2c1. The normalized spacial score (nSPS) is 15.5. The molecule has 7 heteroatoms. The summed E-state index contributed by atoms with van der Waals surface area (Å²) in [6.45, 7) is 5.74. The van der Waals surface area contributed by atoms with Crippen LogP contribution in [-0.2, 0) is 13.0 Å². The Balaban J connectivity index is 1.31. The zero-order chi connectivity index (χ0) is 21.8. The first-order valence-electron chi connectivity index (χ1n) is 10.9. The number of nitrogens with zero attached hydrogens (tertiary/aromatic N) is 4. The second-order valence-electron chi connectivity index (χ2n) is 8.30. The number of fused-ring (bicyclic) bond motifs is 1. The van der Waals surface area contributed by atoms with Crippen molar-refractivity contribution < 1.29 is 4.74 Å². The molecule has 31 heavy (non-hydrogen) atoms. The van der Waals surface area contributed by atoms with Gasteiger partial charge in [0.2, 0.25) is 0 Å². The first kappa shape index (κ1) is 22.0. The minimum atomic E-state index is 0.00901. The van der Waals surface area contributed by atoms with E-state index in [0.29, 0.717) is 12.3 Å². The summed E-state index contributed by atoms with van der Waals surface area (Å²) in [6, 6.07) is 9.50. The van der Waals surface area contributed by atoms with Gasteiger partial charge in [-0.2, -0.15) is 0 Å². The zero-order valence-electron chi connectivity index (χ0n) is 18.2. The maximum Gasteiger partial charge on any atom is 0.251 e. The molecule has 1 aliphatic heterocycles. The minimum absolute atomic E-state index is 0.00901. The highest BCUT2D eigenvalue weighted by Gasteiger charge is 2.19. The lowest BCUT2D eigenvalue weighted by Gasteiger charge is -2.32. The van der Waals surface area contributed by atoms with Crippen LogP contribution in [0.3, 0.4) is 0 Å². The summed E-state index contributed by atoms with van der Waals surface area (Å²) in [5.41, 5.74) is 3.90. The average molecular weight is 485 g/mol. The molecule has 164 valence electrons. The van der Waals surface area contributed by atoms with Crippen molar-refractivity contribution in [3.8, 4) is 5.75 Å². The van der Waals surface area contributed by atoms with Gasteiger partial charge >= 0.3 is 0 Å². The Bertz CT molecular complexity index is 1110. The lowest BCUT2D eigenvalue weighted by atomic mass is 9.91. The molecule has 0 aliphatic carbocycles. The summed E-state index contributed by atoms with van der Waals surface area (Å²) in [7, 11) is 1.62. The molecule has 4 heterocycles. The first-order chi connectivity index (χ1) is 15.0. The van der Waals surface area contributed by atoms with Gasteiger partial charge in [0, 0.05) is 35.4 Å². The lowest BCUT2D eigenvalue weighted by Crippen LogP contribution is -2.37. The number of likely N-dealkylation sites (tertiary alicyclic amines) is 1. The van der Waals surface area contributed by atoms with Crippen LogP contribution < -0.4 is 10.3 Å². The molecule has 1 aliphatic rings. The van der Waals surface area contributed by atoms with Crippen molar-refractivity contribution >= 4 is 27.0 Å². The minimum Gasteiger partial charge on any atom is -0.495 e. The van der Waals surface area contributed by atoms with Crippen LogP contribution in [0.2, 0.25) is 0 Å². The Hall–Kier alpha value is -2.25. The molecule has 0 unspecified atom stereocenters. The van der Waals surface area contributed by atoms with Crippen LogP contribution in [0, 0.1) is 12.8 Å². The number of hydrogen-bond donors (Lipinski definition) is 0. The number of rotatable bonds is 7. The third-order valence-electron chi connectivity index (χ3n) is 6.28. The van der Waals surface area contributed by atoms with Gasteiger partial charge < -0.3 is 14.2 Å². The van der Waals surface area contributed by atoms with Gasteiger partial charge in [0.1, 0.15) is 5.75 Å². The average Bonchev–Trinajstić information content (AvgIpc) is 2.79. The van der Waals surface area contributed by atoms with Crippen molar-refractivity contribution in [2.45, 2.75) is 39.2 Å². The van der Waals surface area contributed by atoms with Crippen molar-refractivity contribution in [3.63, 3.8) is 0 Å². The molecule has 0 bridgehead atoms. The van der Waals surface area contributed by atoms with E-state index in [0.717, 1.165) is 53.2 Å². The Kier molecular flexibility index (Phi) is 7.02. The topological polar surface area (TPSA) is 60.2 Å². The summed E-state index contributed by atoms with van der Waals surface area (Å²) >= 11 is 3.52. The fraction of sp³-hybridized carbons (Fsp3) is 0.458. The zero-order valence-corrected chi connectivity index (χ0v) is 19.8. The van der Waals surface area contributed by atoms with Gasteiger partial charge in [-0.05, 0) is 85.7 Å². The third-order valence-corrected chi connectivity index (χ3v) is 7.12. The molecule has 4 rings (SSSR count). The van der Waals surface area contributed by atoms with Gasteiger partial charge in [0.25, 0.3) is 5.56 Å².